The van der Waals surface area contributed by atoms with E-state index in [0.29, 0.717) is 16.9 Å². The monoisotopic (exact) mass is 357 g/mol. The van der Waals surface area contributed by atoms with Crippen LogP contribution >= 0.6 is 11.6 Å². The van der Waals surface area contributed by atoms with Gasteiger partial charge in [0.2, 0.25) is 0 Å². The predicted octanol–water partition coefficient (Wildman–Crippen LogP) is 2.72. The number of nitrogens with zero attached hydrogens (tertiary/aromatic N) is 3. The van der Waals surface area contributed by atoms with E-state index in [9.17, 15) is 8.42 Å². The van der Waals surface area contributed by atoms with Gasteiger partial charge in [0.05, 0.1) is 16.1 Å². The highest BCUT2D eigenvalue weighted by molar-refractivity contribution is 7.90. The van der Waals surface area contributed by atoms with E-state index in [-0.39, 0.29) is 10.0 Å². The molecule has 3 rings (SSSR count). The Morgan fingerprint density at radius 2 is 1.83 bits per heavy atom. The van der Waals surface area contributed by atoms with E-state index in [4.69, 9.17) is 11.6 Å². The Labute approximate surface area is 144 Å². The molecule has 2 aromatic heterocycles. The number of rotatable bonds is 2. The van der Waals surface area contributed by atoms with Crippen LogP contribution in [0.3, 0.4) is 0 Å². The molecule has 0 bridgehead atoms. The summed E-state index contributed by atoms with van der Waals surface area (Å²) in [6.45, 7) is 0. The van der Waals surface area contributed by atoms with E-state index in [1.54, 1.807) is 35.3 Å². The fourth-order valence-corrected chi connectivity index (χ4v) is 2.79. The lowest BCUT2D eigenvalue weighted by atomic mass is 10.3. The standard InChI is InChI=1S/C17H12ClN3O2S/c1-24(22,23)16-9-7-15(8-10-16)21-12-13(17(18)20-21)5-6-14-4-2-3-11-19-14/h2-4,7-12H,1H3. The zero-order valence-corrected chi connectivity index (χ0v) is 14.2. The van der Waals surface area contributed by atoms with E-state index in [2.05, 4.69) is 21.9 Å². The number of pyridine rings is 1. The van der Waals surface area contributed by atoms with Crippen LogP contribution < -0.4 is 0 Å². The van der Waals surface area contributed by atoms with Crippen molar-refractivity contribution in [3.05, 3.63) is 71.3 Å². The molecule has 0 fully saturated rings. The molecule has 0 unspecified atom stereocenters. The molecule has 0 atom stereocenters. The summed E-state index contributed by atoms with van der Waals surface area (Å²) in [7, 11) is -3.23. The Balaban J connectivity index is 1.91. The smallest absolute Gasteiger partial charge is 0.175 e. The van der Waals surface area contributed by atoms with Gasteiger partial charge >= 0.3 is 0 Å². The fourth-order valence-electron chi connectivity index (χ4n) is 1.98. The molecule has 7 heteroatoms. The van der Waals surface area contributed by atoms with Crippen LogP contribution in [-0.4, -0.2) is 29.4 Å². The number of sulfone groups is 1. The van der Waals surface area contributed by atoms with Gasteiger partial charge in [-0.1, -0.05) is 23.6 Å². The molecule has 0 saturated carbocycles. The first kappa shape index (κ1) is 16.2. The van der Waals surface area contributed by atoms with Crippen LogP contribution in [0, 0.1) is 11.8 Å². The van der Waals surface area contributed by atoms with Crippen molar-refractivity contribution >= 4 is 21.4 Å². The van der Waals surface area contributed by atoms with Crippen molar-refractivity contribution in [1.82, 2.24) is 14.8 Å². The third kappa shape index (κ3) is 3.65. The summed E-state index contributed by atoms with van der Waals surface area (Å²) in [6.07, 6.45) is 4.52. The first-order valence-corrected chi connectivity index (χ1v) is 9.19. The Bertz CT molecular complexity index is 1030. The van der Waals surface area contributed by atoms with Crippen LogP contribution in [-0.2, 0) is 9.84 Å². The molecule has 0 radical (unpaired) electrons. The summed E-state index contributed by atoms with van der Waals surface area (Å²) in [5, 5.41) is 4.46. The summed E-state index contributed by atoms with van der Waals surface area (Å²) in [5.41, 5.74) is 1.89. The van der Waals surface area contributed by atoms with Crippen molar-refractivity contribution in [2.75, 3.05) is 6.26 Å². The molecule has 0 spiro atoms. The van der Waals surface area contributed by atoms with E-state index >= 15 is 0 Å². The van der Waals surface area contributed by atoms with Gasteiger partial charge in [0.25, 0.3) is 0 Å². The minimum absolute atomic E-state index is 0.250. The Morgan fingerprint density at radius 3 is 2.46 bits per heavy atom. The first-order valence-electron chi connectivity index (χ1n) is 6.92. The first-order chi connectivity index (χ1) is 11.4. The molecule has 0 saturated heterocycles. The zero-order chi connectivity index (χ0) is 17.2. The highest BCUT2D eigenvalue weighted by atomic mass is 35.5. The summed E-state index contributed by atoms with van der Waals surface area (Å²) in [6, 6.07) is 11.8. The second-order valence-electron chi connectivity index (χ2n) is 5.01. The van der Waals surface area contributed by atoms with Gasteiger partial charge in [-0.2, -0.15) is 5.10 Å². The van der Waals surface area contributed by atoms with Crippen LogP contribution in [0.4, 0.5) is 0 Å². The van der Waals surface area contributed by atoms with Crippen molar-refractivity contribution in [2.45, 2.75) is 4.90 Å². The quantitative estimate of drug-likeness (QED) is 0.661. The highest BCUT2D eigenvalue weighted by Gasteiger charge is 2.09. The minimum Gasteiger partial charge on any atom is -0.248 e. The van der Waals surface area contributed by atoms with Crippen molar-refractivity contribution < 1.29 is 8.42 Å². The summed E-state index contributed by atoms with van der Waals surface area (Å²) in [4.78, 5) is 4.37. The van der Waals surface area contributed by atoms with Gasteiger partial charge < -0.3 is 0 Å². The Hall–Kier alpha value is -2.62. The van der Waals surface area contributed by atoms with Crippen LogP contribution in [0.5, 0.6) is 0 Å². The summed E-state index contributed by atoms with van der Waals surface area (Å²) >= 11 is 6.11. The van der Waals surface area contributed by atoms with Crippen molar-refractivity contribution in [3.63, 3.8) is 0 Å². The molecular formula is C17H12ClN3O2S. The zero-order valence-electron chi connectivity index (χ0n) is 12.6. The molecule has 0 amide bonds. The molecule has 5 nitrogen and oxygen atoms in total. The van der Waals surface area contributed by atoms with Gasteiger partial charge in [-0.25, -0.2) is 18.1 Å². The number of hydrogen-bond acceptors (Lipinski definition) is 4. The van der Waals surface area contributed by atoms with Gasteiger partial charge in [0.15, 0.2) is 15.0 Å². The van der Waals surface area contributed by atoms with Gasteiger partial charge in [-0.15, -0.1) is 0 Å². The SMILES string of the molecule is CS(=O)(=O)c1ccc(-n2cc(C#Cc3ccccn3)c(Cl)n2)cc1. The van der Waals surface area contributed by atoms with Gasteiger partial charge in [-0.05, 0) is 42.3 Å². The van der Waals surface area contributed by atoms with E-state index in [1.165, 1.54) is 12.1 Å². The lowest BCUT2D eigenvalue weighted by molar-refractivity contribution is 0.602. The van der Waals surface area contributed by atoms with Crippen molar-refractivity contribution in [3.8, 4) is 17.5 Å². The lowest BCUT2D eigenvalue weighted by Gasteiger charge is -2.02. The molecule has 120 valence electrons. The van der Waals surface area contributed by atoms with E-state index in [1.807, 2.05) is 12.1 Å². The molecular weight excluding hydrogens is 346 g/mol. The summed E-state index contributed by atoms with van der Waals surface area (Å²) < 4.78 is 24.5. The molecule has 3 aromatic rings. The third-order valence-corrected chi connectivity index (χ3v) is 4.60. The second kappa shape index (κ2) is 6.48. The predicted molar refractivity (Wildman–Crippen MR) is 91.9 cm³/mol. The third-order valence-electron chi connectivity index (χ3n) is 3.19. The van der Waals surface area contributed by atoms with Crippen LogP contribution in [0.2, 0.25) is 5.15 Å². The van der Waals surface area contributed by atoms with Crippen LogP contribution in [0.1, 0.15) is 11.3 Å². The van der Waals surface area contributed by atoms with Crippen LogP contribution in [0.15, 0.2) is 59.8 Å². The molecule has 0 aliphatic rings. The average molecular weight is 358 g/mol. The maximum Gasteiger partial charge on any atom is 0.175 e. The number of halogens is 1. The van der Waals surface area contributed by atoms with Gasteiger partial charge in [-0.3, -0.25) is 0 Å². The minimum atomic E-state index is -3.23. The molecule has 0 aliphatic heterocycles. The molecule has 2 heterocycles. The number of benzene rings is 1. The summed E-state index contributed by atoms with van der Waals surface area (Å²) in [5.74, 6) is 5.85. The molecule has 1 aromatic carbocycles. The largest absolute Gasteiger partial charge is 0.248 e. The number of aromatic nitrogens is 3. The average Bonchev–Trinajstić information content (AvgIpc) is 2.94. The molecule has 0 N–H and O–H groups in total. The van der Waals surface area contributed by atoms with Crippen molar-refractivity contribution in [1.29, 1.82) is 0 Å². The van der Waals surface area contributed by atoms with Gasteiger partial charge in [0, 0.05) is 18.6 Å². The van der Waals surface area contributed by atoms with Crippen molar-refractivity contribution in [2.24, 2.45) is 0 Å². The van der Waals surface area contributed by atoms with E-state index in [0.717, 1.165) is 6.26 Å². The Morgan fingerprint density at radius 1 is 1.08 bits per heavy atom. The molecule has 0 aliphatic carbocycles. The van der Waals surface area contributed by atoms with E-state index < -0.39 is 9.84 Å². The molecule has 24 heavy (non-hydrogen) atoms. The lowest BCUT2D eigenvalue weighted by Crippen LogP contribution is -1.99. The number of hydrogen-bond donors (Lipinski definition) is 0. The fraction of sp³-hybridized carbons (Fsp3) is 0.0588. The normalized spacial score (nSPS) is 10.9. The highest BCUT2D eigenvalue weighted by Crippen LogP contribution is 2.18. The topological polar surface area (TPSA) is 64.8 Å². The maximum atomic E-state index is 11.5. The van der Waals surface area contributed by atoms with Crippen LogP contribution in [0.25, 0.3) is 5.69 Å². The maximum absolute atomic E-state index is 11.5. The van der Waals surface area contributed by atoms with Gasteiger partial charge in [0.1, 0.15) is 5.69 Å². The second-order valence-corrected chi connectivity index (χ2v) is 7.38. The Kier molecular flexibility index (Phi) is 4.38.